The first-order valence-electron chi connectivity index (χ1n) is 7.21. The molecule has 1 N–H and O–H groups in total. The van der Waals surface area contributed by atoms with Gasteiger partial charge in [0.15, 0.2) is 0 Å². The average Bonchev–Trinajstić information content (AvgIpc) is 2.48. The van der Waals surface area contributed by atoms with Crippen LogP contribution in [0.1, 0.15) is 25.3 Å². The van der Waals surface area contributed by atoms with Crippen LogP contribution in [-0.2, 0) is 16.0 Å². The van der Waals surface area contributed by atoms with Crippen LogP contribution in [-0.4, -0.2) is 32.8 Å². The Balaban J connectivity index is 2.20. The predicted octanol–water partition coefficient (Wildman–Crippen LogP) is 2.17. The van der Waals surface area contributed by atoms with Crippen LogP contribution in [0.2, 0.25) is 0 Å². The first-order chi connectivity index (χ1) is 9.70. The molecule has 4 nitrogen and oxygen atoms in total. The SMILES string of the molecule is CCOC(=O)C1(Cc2cccc(OC)c2)CCCNC1. The van der Waals surface area contributed by atoms with Crippen molar-refractivity contribution >= 4 is 5.97 Å². The third kappa shape index (κ3) is 3.31. The van der Waals surface area contributed by atoms with E-state index in [0.717, 1.165) is 30.7 Å². The van der Waals surface area contributed by atoms with E-state index in [0.29, 0.717) is 19.6 Å². The molecule has 1 saturated heterocycles. The monoisotopic (exact) mass is 277 g/mol. The zero-order valence-electron chi connectivity index (χ0n) is 12.3. The van der Waals surface area contributed by atoms with Crippen LogP contribution in [0.4, 0.5) is 0 Å². The van der Waals surface area contributed by atoms with Gasteiger partial charge in [-0.15, -0.1) is 0 Å². The van der Waals surface area contributed by atoms with Gasteiger partial charge in [0.1, 0.15) is 5.75 Å². The van der Waals surface area contributed by atoms with Crippen LogP contribution in [0.15, 0.2) is 24.3 Å². The largest absolute Gasteiger partial charge is 0.497 e. The number of hydrogen-bond acceptors (Lipinski definition) is 4. The first kappa shape index (κ1) is 14.9. The molecule has 1 aromatic rings. The summed E-state index contributed by atoms with van der Waals surface area (Å²) in [4.78, 5) is 12.4. The van der Waals surface area contributed by atoms with E-state index < -0.39 is 5.41 Å². The van der Waals surface area contributed by atoms with Crippen molar-refractivity contribution in [3.05, 3.63) is 29.8 Å². The molecule has 0 radical (unpaired) electrons. The third-order valence-electron chi connectivity index (χ3n) is 3.86. The van der Waals surface area contributed by atoms with Crippen molar-refractivity contribution in [2.75, 3.05) is 26.8 Å². The molecule has 1 aliphatic heterocycles. The fourth-order valence-corrected chi connectivity index (χ4v) is 2.82. The third-order valence-corrected chi connectivity index (χ3v) is 3.86. The number of methoxy groups -OCH3 is 1. The molecule has 0 aliphatic carbocycles. The maximum Gasteiger partial charge on any atom is 0.313 e. The van der Waals surface area contributed by atoms with Crippen molar-refractivity contribution in [1.82, 2.24) is 5.32 Å². The molecule has 1 unspecified atom stereocenters. The molecule has 1 atom stereocenters. The molecule has 2 rings (SSSR count). The van der Waals surface area contributed by atoms with E-state index in [9.17, 15) is 4.79 Å². The van der Waals surface area contributed by atoms with E-state index in [2.05, 4.69) is 5.32 Å². The van der Waals surface area contributed by atoms with Crippen molar-refractivity contribution in [3.63, 3.8) is 0 Å². The number of nitrogens with one attached hydrogen (secondary N) is 1. The van der Waals surface area contributed by atoms with Gasteiger partial charge in [0.05, 0.1) is 19.1 Å². The zero-order valence-corrected chi connectivity index (χ0v) is 12.3. The highest BCUT2D eigenvalue weighted by molar-refractivity contribution is 5.77. The van der Waals surface area contributed by atoms with Crippen molar-refractivity contribution in [1.29, 1.82) is 0 Å². The number of hydrogen-bond donors (Lipinski definition) is 1. The summed E-state index contributed by atoms with van der Waals surface area (Å²) in [6.07, 6.45) is 2.56. The number of carbonyl (C=O) groups is 1. The summed E-state index contributed by atoms with van der Waals surface area (Å²) in [5.41, 5.74) is 0.668. The van der Waals surface area contributed by atoms with E-state index in [1.807, 2.05) is 31.2 Å². The van der Waals surface area contributed by atoms with Gasteiger partial charge in [0, 0.05) is 6.54 Å². The lowest BCUT2D eigenvalue weighted by Gasteiger charge is -2.35. The topological polar surface area (TPSA) is 47.6 Å². The van der Waals surface area contributed by atoms with Gasteiger partial charge in [-0.2, -0.15) is 0 Å². The Hall–Kier alpha value is -1.55. The minimum absolute atomic E-state index is 0.0879. The number of carbonyl (C=O) groups excluding carboxylic acids is 1. The van der Waals surface area contributed by atoms with Gasteiger partial charge in [-0.25, -0.2) is 0 Å². The van der Waals surface area contributed by atoms with Crippen LogP contribution < -0.4 is 10.1 Å². The highest BCUT2D eigenvalue weighted by Crippen LogP contribution is 2.33. The van der Waals surface area contributed by atoms with Crippen LogP contribution in [0, 0.1) is 5.41 Å². The van der Waals surface area contributed by atoms with E-state index in [4.69, 9.17) is 9.47 Å². The second-order valence-corrected chi connectivity index (χ2v) is 5.31. The lowest BCUT2D eigenvalue weighted by Crippen LogP contribution is -2.47. The highest BCUT2D eigenvalue weighted by atomic mass is 16.5. The average molecular weight is 277 g/mol. The molecular formula is C16H23NO3. The predicted molar refractivity (Wildman–Crippen MR) is 77.9 cm³/mol. The normalized spacial score (nSPS) is 22.3. The quantitative estimate of drug-likeness (QED) is 0.838. The van der Waals surface area contributed by atoms with Gasteiger partial charge in [-0.05, 0) is 50.4 Å². The Morgan fingerprint density at radius 3 is 2.95 bits per heavy atom. The summed E-state index contributed by atoms with van der Waals surface area (Å²) >= 11 is 0. The standard InChI is InChI=1S/C16H23NO3/c1-3-20-15(18)16(8-5-9-17-12-16)11-13-6-4-7-14(10-13)19-2/h4,6-7,10,17H,3,5,8-9,11-12H2,1-2H3. The van der Waals surface area contributed by atoms with Crippen LogP contribution in [0.5, 0.6) is 5.75 Å². The second-order valence-electron chi connectivity index (χ2n) is 5.31. The van der Waals surface area contributed by atoms with Crippen LogP contribution in [0.3, 0.4) is 0 Å². The molecule has 1 fully saturated rings. The highest BCUT2D eigenvalue weighted by Gasteiger charge is 2.41. The van der Waals surface area contributed by atoms with E-state index >= 15 is 0 Å². The fraction of sp³-hybridized carbons (Fsp3) is 0.562. The van der Waals surface area contributed by atoms with Crippen molar-refractivity contribution in [3.8, 4) is 5.75 Å². The number of piperidine rings is 1. The number of ether oxygens (including phenoxy) is 2. The molecule has 0 bridgehead atoms. The summed E-state index contributed by atoms with van der Waals surface area (Å²) < 4.78 is 10.6. The van der Waals surface area contributed by atoms with Crippen molar-refractivity contribution in [2.24, 2.45) is 5.41 Å². The first-order valence-corrected chi connectivity index (χ1v) is 7.21. The van der Waals surface area contributed by atoms with Gasteiger partial charge < -0.3 is 14.8 Å². The summed E-state index contributed by atoms with van der Waals surface area (Å²) in [6, 6.07) is 7.91. The number of esters is 1. The van der Waals surface area contributed by atoms with Gasteiger partial charge >= 0.3 is 5.97 Å². The summed E-state index contributed by atoms with van der Waals surface area (Å²) in [7, 11) is 1.66. The summed E-state index contributed by atoms with van der Waals surface area (Å²) in [5, 5.41) is 3.33. The molecule has 1 aliphatic rings. The molecule has 0 aromatic heterocycles. The minimum Gasteiger partial charge on any atom is -0.497 e. The molecule has 0 amide bonds. The smallest absolute Gasteiger partial charge is 0.313 e. The zero-order chi connectivity index (χ0) is 14.4. The van der Waals surface area contributed by atoms with Gasteiger partial charge in [-0.3, -0.25) is 4.79 Å². The molecule has 1 aromatic carbocycles. The van der Waals surface area contributed by atoms with Crippen molar-refractivity contribution in [2.45, 2.75) is 26.2 Å². The second kappa shape index (κ2) is 6.75. The minimum atomic E-state index is -0.444. The Bertz CT molecular complexity index is 453. The molecule has 0 spiro atoms. The summed E-state index contributed by atoms with van der Waals surface area (Å²) in [6.45, 7) is 3.94. The Labute approximate surface area is 120 Å². The maximum atomic E-state index is 12.4. The van der Waals surface area contributed by atoms with E-state index in [-0.39, 0.29) is 5.97 Å². The molecule has 20 heavy (non-hydrogen) atoms. The molecule has 0 saturated carbocycles. The fourth-order valence-electron chi connectivity index (χ4n) is 2.82. The number of benzene rings is 1. The van der Waals surface area contributed by atoms with Gasteiger partial charge in [-0.1, -0.05) is 12.1 Å². The van der Waals surface area contributed by atoms with E-state index in [1.54, 1.807) is 7.11 Å². The van der Waals surface area contributed by atoms with Gasteiger partial charge in [0.2, 0.25) is 0 Å². The molecular weight excluding hydrogens is 254 g/mol. The van der Waals surface area contributed by atoms with Gasteiger partial charge in [0.25, 0.3) is 0 Å². The van der Waals surface area contributed by atoms with Crippen LogP contribution in [0.25, 0.3) is 0 Å². The molecule has 110 valence electrons. The van der Waals surface area contributed by atoms with Crippen LogP contribution >= 0.6 is 0 Å². The summed E-state index contributed by atoms with van der Waals surface area (Å²) in [5.74, 6) is 0.736. The Kier molecular flexibility index (Phi) is 5.01. The number of rotatable bonds is 5. The lowest BCUT2D eigenvalue weighted by molar-refractivity contribution is -0.156. The Morgan fingerprint density at radius 1 is 1.45 bits per heavy atom. The molecule has 4 heteroatoms. The van der Waals surface area contributed by atoms with E-state index in [1.165, 1.54) is 0 Å². The maximum absolute atomic E-state index is 12.4. The lowest BCUT2D eigenvalue weighted by atomic mass is 9.75. The Morgan fingerprint density at radius 2 is 2.30 bits per heavy atom. The molecule has 1 heterocycles. The van der Waals surface area contributed by atoms with Crippen molar-refractivity contribution < 1.29 is 14.3 Å².